The number of alkyl halides is 3. The highest BCUT2D eigenvalue weighted by atomic mass is 19.4. The van der Waals surface area contributed by atoms with Crippen molar-refractivity contribution in [2.75, 3.05) is 26.2 Å². The fourth-order valence-corrected chi connectivity index (χ4v) is 6.71. The van der Waals surface area contributed by atoms with E-state index in [1.807, 2.05) is 4.90 Å². The van der Waals surface area contributed by atoms with Gasteiger partial charge in [-0.3, -0.25) is 14.7 Å². The van der Waals surface area contributed by atoms with Gasteiger partial charge in [-0.15, -0.1) is 0 Å². The molecule has 0 amide bonds. The van der Waals surface area contributed by atoms with E-state index >= 15 is 0 Å². The maximum absolute atomic E-state index is 13.0. The number of hydrogen-bond donors (Lipinski definition) is 1. The summed E-state index contributed by atoms with van der Waals surface area (Å²) in [5, 5.41) is 9.93. The maximum Gasteiger partial charge on any atom is 0.416 e. The zero-order valence-corrected chi connectivity index (χ0v) is 22.1. The number of nitrogens with zero attached hydrogens (tertiary/aromatic N) is 3. The monoisotopic (exact) mass is 529 g/mol. The lowest BCUT2D eigenvalue weighted by Gasteiger charge is -2.38. The molecule has 3 heterocycles. The first kappa shape index (κ1) is 27.1. The lowest BCUT2D eigenvalue weighted by Crippen LogP contribution is -2.45. The van der Waals surface area contributed by atoms with Crippen LogP contribution >= 0.6 is 0 Å². The molecule has 2 saturated heterocycles. The van der Waals surface area contributed by atoms with Crippen LogP contribution in [0.25, 0.3) is 0 Å². The number of aliphatic carboxylic acids is 1. The molecule has 0 bridgehead atoms. The van der Waals surface area contributed by atoms with Crippen LogP contribution in [0.5, 0.6) is 0 Å². The highest BCUT2D eigenvalue weighted by molar-refractivity contribution is 5.75. The number of piperidine rings is 1. The molecule has 1 N–H and O–H groups in total. The topological polar surface area (TPSA) is 56.7 Å². The Hall–Kier alpha value is -2.45. The largest absolute Gasteiger partial charge is 0.480 e. The van der Waals surface area contributed by atoms with Gasteiger partial charge in [0.05, 0.1) is 5.56 Å². The molecule has 8 heteroatoms. The first-order valence-corrected chi connectivity index (χ1v) is 14.0. The van der Waals surface area contributed by atoms with Gasteiger partial charge in [-0.2, -0.15) is 13.2 Å². The fraction of sp³-hybridized carbons (Fsp3) is 0.600. The van der Waals surface area contributed by atoms with Gasteiger partial charge in [0.2, 0.25) is 0 Å². The Morgan fingerprint density at radius 2 is 1.68 bits per heavy atom. The number of carbonyl (C=O) groups is 1. The average molecular weight is 530 g/mol. The van der Waals surface area contributed by atoms with Crippen LogP contribution in [0.15, 0.2) is 36.4 Å². The second-order valence-electron chi connectivity index (χ2n) is 11.4. The Morgan fingerprint density at radius 1 is 1.00 bits per heavy atom. The summed E-state index contributed by atoms with van der Waals surface area (Å²) in [5.41, 5.74) is 3.60. The number of halogens is 3. The molecule has 5 rings (SSSR count). The Morgan fingerprint density at radius 3 is 2.37 bits per heavy atom. The van der Waals surface area contributed by atoms with E-state index in [9.17, 15) is 23.1 Å². The molecule has 5 nitrogen and oxygen atoms in total. The molecule has 2 fully saturated rings. The number of hydrogen-bond acceptors (Lipinski definition) is 4. The van der Waals surface area contributed by atoms with E-state index in [-0.39, 0.29) is 0 Å². The quantitative estimate of drug-likeness (QED) is 0.494. The number of benzene rings is 1. The van der Waals surface area contributed by atoms with Gasteiger partial charge in [-0.1, -0.05) is 18.2 Å². The third kappa shape index (κ3) is 6.07. The predicted octanol–water partition coefficient (Wildman–Crippen LogP) is 5.77. The minimum absolute atomic E-state index is 0.338. The lowest BCUT2D eigenvalue weighted by atomic mass is 9.88. The Kier molecular flexibility index (Phi) is 8.10. The summed E-state index contributed by atoms with van der Waals surface area (Å²) in [6.45, 7) is 5.59. The predicted molar refractivity (Wildman–Crippen MR) is 140 cm³/mol. The molecule has 2 aromatic rings. The minimum atomic E-state index is -4.43. The van der Waals surface area contributed by atoms with Crippen molar-refractivity contribution >= 4 is 5.97 Å². The summed E-state index contributed by atoms with van der Waals surface area (Å²) < 4.78 is 38.9. The molecule has 1 aliphatic carbocycles. The highest BCUT2D eigenvalue weighted by Gasteiger charge is 2.38. The Labute approximate surface area is 223 Å². The van der Waals surface area contributed by atoms with E-state index < -0.39 is 23.8 Å². The van der Waals surface area contributed by atoms with Gasteiger partial charge in [0.1, 0.15) is 6.04 Å². The second kappa shape index (κ2) is 11.3. The molecule has 1 unspecified atom stereocenters. The molecular formula is C30H38F3N3O2. The van der Waals surface area contributed by atoms with E-state index in [1.54, 1.807) is 0 Å². The molecule has 0 radical (unpaired) electrons. The second-order valence-corrected chi connectivity index (χ2v) is 11.4. The third-order valence-corrected chi connectivity index (χ3v) is 9.05. The van der Waals surface area contributed by atoms with Gasteiger partial charge in [-0.25, -0.2) is 0 Å². The number of pyridine rings is 1. The van der Waals surface area contributed by atoms with Crippen LogP contribution in [-0.2, 0) is 30.2 Å². The van der Waals surface area contributed by atoms with Crippen molar-refractivity contribution in [2.24, 2.45) is 11.8 Å². The molecule has 38 heavy (non-hydrogen) atoms. The molecule has 1 aromatic carbocycles. The number of aromatic nitrogens is 1. The lowest BCUT2D eigenvalue weighted by molar-refractivity contribution is -0.143. The van der Waals surface area contributed by atoms with E-state index in [2.05, 4.69) is 24.0 Å². The SMILES string of the molecule is CC([C@@H]1CCN([C@@H](C(=O)O)c2ccc(C(F)(F)F)cc2)C1)N1CCC(Cc2ccc3c(n2)CCCC3)CC1. The number of aryl methyl sites for hydroxylation is 2. The van der Waals surface area contributed by atoms with Gasteiger partial charge >= 0.3 is 12.1 Å². The van der Waals surface area contributed by atoms with Gasteiger partial charge < -0.3 is 10.0 Å². The van der Waals surface area contributed by atoms with E-state index in [0.29, 0.717) is 36.5 Å². The van der Waals surface area contributed by atoms with Crippen LogP contribution in [0.2, 0.25) is 0 Å². The Bertz CT molecular complexity index is 1110. The zero-order chi connectivity index (χ0) is 26.9. The summed E-state index contributed by atoms with van der Waals surface area (Å²) in [7, 11) is 0. The molecule has 3 aliphatic rings. The summed E-state index contributed by atoms with van der Waals surface area (Å²) >= 11 is 0. The molecular weight excluding hydrogens is 491 g/mol. The summed E-state index contributed by atoms with van der Waals surface area (Å²) in [6, 6.07) is 8.49. The Balaban J connectivity index is 1.14. The van der Waals surface area contributed by atoms with Crippen molar-refractivity contribution in [1.82, 2.24) is 14.8 Å². The van der Waals surface area contributed by atoms with Crippen LogP contribution in [0.4, 0.5) is 13.2 Å². The molecule has 0 spiro atoms. The van der Waals surface area contributed by atoms with E-state index in [1.165, 1.54) is 41.9 Å². The van der Waals surface area contributed by atoms with Crippen LogP contribution in [0.1, 0.15) is 73.1 Å². The van der Waals surface area contributed by atoms with E-state index in [0.717, 1.165) is 63.7 Å². The van der Waals surface area contributed by atoms with Crippen LogP contribution < -0.4 is 0 Å². The number of fused-ring (bicyclic) bond motifs is 1. The average Bonchev–Trinajstić information content (AvgIpc) is 3.38. The smallest absolute Gasteiger partial charge is 0.416 e. The van der Waals surface area contributed by atoms with Crippen LogP contribution in [0, 0.1) is 11.8 Å². The van der Waals surface area contributed by atoms with E-state index in [4.69, 9.17) is 4.98 Å². The van der Waals surface area contributed by atoms with Gasteiger partial charge in [-0.05, 0) is 119 Å². The fourth-order valence-electron chi connectivity index (χ4n) is 6.71. The number of carboxylic acid groups (broad SMARTS) is 1. The summed E-state index contributed by atoms with van der Waals surface area (Å²) in [6.07, 6.45) is 4.58. The standard InChI is InChI=1S/C30H38F3N3O2/c1-20(35-15-12-21(13-16-35)18-26-11-8-22-4-2-3-5-27(22)34-26)24-14-17-36(19-24)28(29(37)38)23-6-9-25(10-7-23)30(31,32)33/h6-11,20-21,24,28H,2-5,12-19H2,1H3,(H,37,38)/t20?,24-,28-/m1/s1. The highest BCUT2D eigenvalue weighted by Crippen LogP contribution is 2.35. The minimum Gasteiger partial charge on any atom is -0.480 e. The van der Waals surface area contributed by atoms with Gasteiger partial charge in [0.25, 0.3) is 0 Å². The number of carboxylic acids is 1. The normalized spacial score (nSPS) is 23.2. The first-order chi connectivity index (χ1) is 18.2. The molecule has 0 saturated carbocycles. The maximum atomic E-state index is 13.0. The van der Waals surface area contributed by atoms with Gasteiger partial charge in [0.15, 0.2) is 0 Å². The molecule has 3 atom stereocenters. The van der Waals surface area contributed by atoms with Crippen LogP contribution in [-0.4, -0.2) is 58.1 Å². The van der Waals surface area contributed by atoms with Crippen molar-refractivity contribution in [2.45, 2.75) is 76.6 Å². The van der Waals surface area contributed by atoms with Crippen molar-refractivity contribution in [3.05, 3.63) is 64.5 Å². The first-order valence-electron chi connectivity index (χ1n) is 14.0. The van der Waals surface area contributed by atoms with Crippen LogP contribution in [0.3, 0.4) is 0 Å². The molecule has 1 aromatic heterocycles. The van der Waals surface area contributed by atoms with Gasteiger partial charge in [0, 0.05) is 24.0 Å². The molecule has 206 valence electrons. The summed E-state index contributed by atoms with van der Waals surface area (Å²) in [5.74, 6) is -0.0384. The summed E-state index contributed by atoms with van der Waals surface area (Å²) in [4.78, 5) is 21.6. The third-order valence-electron chi connectivity index (χ3n) is 9.05. The van der Waals surface area contributed by atoms with Crippen molar-refractivity contribution in [3.63, 3.8) is 0 Å². The molecule has 2 aliphatic heterocycles. The zero-order valence-electron chi connectivity index (χ0n) is 22.1. The van der Waals surface area contributed by atoms with Crippen molar-refractivity contribution in [1.29, 1.82) is 0 Å². The number of rotatable bonds is 7. The van der Waals surface area contributed by atoms with Crippen molar-refractivity contribution < 1.29 is 23.1 Å². The van der Waals surface area contributed by atoms with Crippen molar-refractivity contribution in [3.8, 4) is 0 Å². The number of likely N-dealkylation sites (tertiary alicyclic amines) is 2.